The molecule has 0 bridgehead atoms. The number of carbonyl (C=O) groups is 3. The van der Waals surface area contributed by atoms with Gasteiger partial charge in [-0.1, -0.05) is 11.6 Å². The minimum absolute atomic E-state index is 0.0688. The van der Waals surface area contributed by atoms with Crippen LogP contribution in [-0.2, 0) is 23.9 Å². The number of likely N-dealkylation sites (tertiary alicyclic amines) is 1. The summed E-state index contributed by atoms with van der Waals surface area (Å²) >= 11 is 5.98. The zero-order chi connectivity index (χ0) is 21.0. The Bertz CT molecular complexity index is 828. The molecule has 1 fully saturated rings. The lowest BCUT2D eigenvalue weighted by Gasteiger charge is -2.32. The number of amides is 1. The maximum Gasteiger partial charge on any atom is 0.338 e. The van der Waals surface area contributed by atoms with Crippen LogP contribution >= 0.6 is 11.6 Å². The van der Waals surface area contributed by atoms with E-state index in [-0.39, 0.29) is 24.4 Å². The predicted molar refractivity (Wildman–Crippen MR) is 106 cm³/mol. The average Bonchev–Trinajstić information content (AvgIpc) is 2.72. The van der Waals surface area contributed by atoms with Crippen molar-refractivity contribution in [2.75, 3.05) is 26.3 Å². The van der Waals surface area contributed by atoms with Gasteiger partial charge in [0.15, 0.2) is 6.10 Å². The molecule has 0 aliphatic carbocycles. The predicted octanol–water partition coefficient (Wildman–Crippen LogP) is 2.85. The van der Waals surface area contributed by atoms with E-state index in [1.165, 1.54) is 0 Å². The summed E-state index contributed by atoms with van der Waals surface area (Å²) in [4.78, 5) is 38.5. The highest BCUT2D eigenvalue weighted by Crippen LogP contribution is 2.29. The van der Waals surface area contributed by atoms with E-state index >= 15 is 0 Å². The summed E-state index contributed by atoms with van der Waals surface area (Å²) in [5, 5.41) is 0.535. The van der Waals surface area contributed by atoms with Crippen LogP contribution in [0.1, 0.15) is 32.3 Å². The Morgan fingerprint density at radius 1 is 1.28 bits per heavy atom. The van der Waals surface area contributed by atoms with Crippen LogP contribution < -0.4 is 4.74 Å². The van der Waals surface area contributed by atoms with Crippen molar-refractivity contribution in [2.24, 2.45) is 5.92 Å². The Morgan fingerprint density at radius 2 is 2.00 bits per heavy atom. The zero-order valence-corrected chi connectivity index (χ0v) is 17.2. The molecule has 1 saturated heterocycles. The molecule has 1 amide bonds. The number of nitrogens with zero attached hydrogens (tertiary/aromatic N) is 1. The first-order chi connectivity index (χ1) is 13.9. The normalized spacial score (nSPS) is 17.5. The topological polar surface area (TPSA) is 82.1 Å². The molecule has 1 atom stereocenters. The van der Waals surface area contributed by atoms with Gasteiger partial charge >= 0.3 is 11.9 Å². The Balaban J connectivity index is 1.55. The van der Waals surface area contributed by atoms with Gasteiger partial charge in [-0.05, 0) is 51.0 Å². The Morgan fingerprint density at radius 3 is 2.69 bits per heavy atom. The number of rotatable bonds is 5. The van der Waals surface area contributed by atoms with Crippen LogP contribution in [0.2, 0.25) is 5.02 Å². The third kappa shape index (κ3) is 5.09. The molecule has 0 N–H and O–H groups in total. The van der Waals surface area contributed by atoms with Crippen LogP contribution in [0.5, 0.6) is 5.75 Å². The molecule has 1 unspecified atom stereocenters. The molecule has 3 rings (SSSR count). The highest BCUT2D eigenvalue weighted by molar-refractivity contribution is 6.30. The van der Waals surface area contributed by atoms with Gasteiger partial charge in [0.05, 0.1) is 18.1 Å². The molecule has 0 spiro atoms. The summed E-state index contributed by atoms with van der Waals surface area (Å²) in [5.41, 5.74) is 1.01. The fourth-order valence-corrected chi connectivity index (χ4v) is 3.59. The van der Waals surface area contributed by atoms with Gasteiger partial charge in [0.1, 0.15) is 12.4 Å². The zero-order valence-electron chi connectivity index (χ0n) is 16.5. The first-order valence-electron chi connectivity index (χ1n) is 9.68. The smallest absolute Gasteiger partial charge is 0.338 e. The highest BCUT2D eigenvalue weighted by atomic mass is 35.5. The molecule has 0 saturated carbocycles. The molecule has 1 aromatic rings. The largest absolute Gasteiger partial charge is 0.488 e. The molecule has 2 aliphatic rings. The molecule has 8 heteroatoms. The van der Waals surface area contributed by atoms with Gasteiger partial charge in [-0.2, -0.15) is 0 Å². The molecule has 156 valence electrons. The van der Waals surface area contributed by atoms with Gasteiger partial charge in [0, 0.05) is 23.7 Å². The van der Waals surface area contributed by atoms with Crippen molar-refractivity contribution >= 4 is 35.5 Å². The molecule has 2 heterocycles. The molecule has 0 radical (unpaired) electrons. The van der Waals surface area contributed by atoms with Gasteiger partial charge in [-0.15, -0.1) is 0 Å². The number of piperidine rings is 1. The van der Waals surface area contributed by atoms with Gasteiger partial charge < -0.3 is 19.1 Å². The van der Waals surface area contributed by atoms with Gasteiger partial charge in [-0.25, -0.2) is 4.79 Å². The van der Waals surface area contributed by atoms with Crippen LogP contribution in [0.15, 0.2) is 23.8 Å². The number of carbonyl (C=O) groups excluding carboxylic acids is 3. The van der Waals surface area contributed by atoms with Crippen molar-refractivity contribution in [3.05, 3.63) is 34.4 Å². The van der Waals surface area contributed by atoms with Crippen LogP contribution in [0, 0.1) is 5.92 Å². The Labute approximate surface area is 174 Å². The first kappa shape index (κ1) is 21.2. The number of halogens is 1. The number of benzene rings is 1. The van der Waals surface area contributed by atoms with E-state index in [0.717, 1.165) is 0 Å². The molecular weight excluding hydrogens is 398 g/mol. The van der Waals surface area contributed by atoms with Crippen LogP contribution in [0.3, 0.4) is 0 Å². The van der Waals surface area contributed by atoms with Crippen molar-refractivity contribution in [1.29, 1.82) is 0 Å². The van der Waals surface area contributed by atoms with Gasteiger partial charge in [0.2, 0.25) is 0 Å². The molecule has 1 aromatic carbocycles. The Hall–Kier alpha value is -2.54. The lowest BCUT2D eigenvalue weighted by atomic mass is 9.96. The number of fused-ring (bicyclic) bond motifs is 1. The van der Waals surface area contributed by atoms with Crippen LogP contribution in [-0.4, -0.2) is 55.2 Å². The maximum atomic E-state index is 12.6. The third-order valence-corrected chi connectivity index (χ3v) is 5.24. The molecule has 0 aromatic heterocycles. The molecule has 7 nitrogen and oxygen atoms in total. The number of ether oxygens (including phenoxy) is 3. The SMILES string of the molecule is CCOC(=O)C1CCN(C(=O)C(C)OC(=O)C2=Cc3cc(Cl)ccc3OC2)CC1. The van der Waals surface area contributed by atoms with E-state index in [1.54, 1.807) is 43.0 Å². The lowest BCUT2D eigenvalue weighted by molar-refractivity contribution is -0.158. The summed E-state index contributed by atoms with van der Waals surface area (Å²) < 4.78 is 16.0. The van der Waals surface area contributed by atoms with Gasteiger partial charge in [-0.3, -0.25) is 9.59 Å². The first-order valence-corrected chi connectivity index (χ1v) is 10.1. The minimum Gasteiger partial charge on any atom is -0.488 e. The highest BCUT2D eigenvalue weighted by Gasteiger charge is 2.32. The average molecular weight is 422 g/mol. The standard InChI is InChI=1S/C21H24ClNO6/c1-3-27-20(25)14-6-8-23(9-7-14)19(24)13(2)29-21(26)16-10-15-11-17(22)4-5-18(15)28-12-16/h4-5,10-11,13-14H,3,6-9,12H2,1-2H3. The summed E-state index contributed by atoms with van der Waals surface area (Å²) in [7, 11) is 0. The van der Waals surface area contributed by atoms with Crippen LogP contribution in [0.4, 0.5) is 0 Å². The summed E-state index contributed by atoms with van der Waals surface area (Å²) in [6.45, 7) is 4.60. The van der Waals surface area contributed by atoms with E-state index in [4.69, 9.17) is 25.8 Å². The fraction of sp³-hybridized carbons (Fsp3) is 0.476. The lowest BCUT2D eigenvalue weighted by Crippen LogP contribution is -2.45. The van der Waals surface area contributed by atoms with Crippen molar-refractivity contribution < 1.29 is 28.6 Å². The summed E-state index contributed by atoms with van der Waals surface area (Å²) in [6, 6.07) is 5.15. The van der Waals surface area contributed by atoms with Gasteiger partial charge in [0.25, 0.3) is 5.91 Å². The number of hydrogen-bond acceptors (Lipinski definition) is 6. The summed E-state index contributed by atoms with van der Waals surface area (Å²) in [6.07, 6.45) is 1.82. The Kier molecular flexibility index (Phi) is 6.79. The van der Waals surface area contributed by atoms with Crippen molar-refractivity contribution in [3.8, 4) is 5.75 Å². The quantitative estimate of drug-likeness (QED) is 0.680. The molecule has 29 heavy (non-hydrogen) atoms. The van der Waals surface area contributed by atoms with E-state index in [0.29, 0.717) is 54.4 Å². The van der Waals surface area contributed by atoms with E-state index in [2.05, 4.69) is 0 Å². The number of esters is 2. The van der Waals surface area contributed by atoms with Crippen molar-refractivity contribution in [2.45, 2.75) is 32.8 Å². The van der Waals surface area contributed by atoms with E-state index in [9.17, 15) is 14.4 Å². The molecular formula is C21H24ClNO6. The van der Waals surface area contributed by atoms with Crippen LogP contribution in [0.25, 0.3) is 6.08 Å². The summed E-state index contributed by atoms with van der Waals surface area (Å²) in [5.74, 6) is -0.643. The van der Waals surface area contributed by atoms with Crippen molar-refractivity contribution in [1.82, 2.24) is 4.90 Å². The van der Waals surface area contributed by atoms with E-state index in [1.807, 2.05) is 0 Å². The second kappa shape index (κ2) is 9.31. The second-order valence-electron chi connectivity index (χ2n) is 7.04. The third-order valence-electron chi connectivity index (χ3n) is 5.01. The number of hydrogen-bond donors (Lipinski definition) is 0. The minimum atomic E-state index is -0.927. The fourth-order valence-electron chi connectivity index (χ4n) is 3.41. The van der Waals surface area contributed by atoms with E-state index < -0.39 is 12.1 Å². The maximum absolute atomic E-state index is 12.6. The molecule has 2 aliphatic heterocycles. The monoisotopic (exact) mass is 421 g/mol. The van der Waals surface area contributed by atoms with Crippen molar-refractivity contribution in [3.63, 3.8) is 0 Å². The second-order valence-corrected chi connectivity index (χ2v) is 7.48.